The average molecular weight is 401 g/mol. The highest BCUT2D eigenvalue weighted by molar-refractivity contribution is 5.94. The predicted octanol–water partition coefficient (Wildman–Crippen LogP) is 3.15. The van der Waals surface area contributed by atoms with E-state index in [1.807, 2.05) is 18.2 Å². The fourth-order valence-corrected chi connectivity index (χ4v) is 4.32. The lowest BCUT2D eigenvalue weighted by Gasteiger charge is -2.31. The van der Waals surface area contributed by atoms with Crippen molar-refractivity contribution in [1.82, 2.24) is 24.3 Å². The van der Waals surface area contributed by atoms with Crippen molar-refractivity contribution in [3.8, 4) is 0 Å². The number of rotatable bonds is 3. The van der Waals surface area contributed by atoms with Crippen LogP contribution in [0.4, 0.5) is 0 Å². The minimum Gasteiger partial charge on any atom is -0.342 e. The highest BCUT2D eigenvalue weighted by Gasteiger charge is 2.29. The molecule has 3 aromatic heterocycles. The number of nitrogens with zero attached hydrogens (tertiary/aromatic N) is 4. The topological polar surface area (TPSA) is 83.4 Å². The standard InChI is InChI=1S/C23H23N5O2/c1-2-15-7-5-9-18-20(15)26-21(25-18)16-8-6-11-27(14-16)22(29)17-13-24-19-10-3-4-12-28(19)23(17)30/h3-5,7,9-10,12-13,16H,2,6,8,11,14H2,1H3,(H,25,26). The van der Waals surface area contributed by atoms with Crippen LogP contribution in [0.5, 0.6) is 0 Å². The zero-order valence-electron chi connectivity index (χ0n) is 16.8. The van der Waals surface area contributed by atoms with Crippen LogP contribution in [0, 0.1) is 0 Å². The molecule has 1 fully saturated rings. The van der Waals surface area contributed by atoms with Crippen LogP contribution in [-0.4, -0.2) is 43.2 Å². The largest absolute Gasteiger partial charge is 0.342 e. The maximum absolute atomic E-state index is 13.2. The van der Waals surface area contributed by atoms with E-state index < -0.39 is 0 Å². The molecular weight excluding hydrogens is 378 g/mol. The molecule has 5 rings (SSSR count). The summed E-state index contributed by atoms with van der Waals surface area (Å²) in [5.41, 5.74) is 3.57. The Labute approximate surface area is 173 Å². The summed E-state index contributed by atoms with van der Waals surface area (Å²) in [7, 11) is 0. The Morgan fingerprint density at radius 3 is 3.00 bits per heavy atom. The van der Waals surface area contributed by atoms with Crippen LogP contribution in [0.3, 0.4) is 0 Å². The lowest BCUT2D eigenvalue weighted by Crippen LogP contribution is -2.41. The maximum atomic E-state index is 13.2. The monoisotopic (exact) mass is 401 g/mol. The van der Waals surface area contributed by atoms with Gasteiger partial charge in [-0.25, -0.2) is 9.97 Å². The van der Waals surface area contributed by atoms with E-state index in [-0.39, 0.29) is 22.9 Å². The van der Waals surface area contributed by atoms with Gasteiger partial charge >= 0.3 is 0 Å². The summed E-state index contributed by atoms with van der Waals surface area (Å²) in [6.07, 6.45) is 5.80. The smallest absolute Gasteiger partial charge is 0.270 e. The second-order valence-electron chi connectivity index (χ2n) is 7.79. The summed E-state index contributed by atoms with van der Waals surface area (Å²) in [5.74, 6) is 0.772. The Morgan fingerprint density at radius 1 is 1.23 bits per heavy atom. The number of likely N-dealkylation sites (tertiary alicyclic amines) is 1. The van der Waals surface area contributed by atoms with Crippen molar-refractivity contribution < 1.29 is 4.79 Å². The number of hydrogen-bond donors (Lipinski definition) is 1. The van der Waals surface area contributed by atoms with Crippen LogP contribution >= 0.6 is 0 Å². The Bertz CT molecular complexity index is 1310. The van der Waals surface area contributed by atoms with Gasteiger partial charge in [0.15, 0.2) is 0 Å². The van der Waals surface area contributed by atoms with E-state index in [0.717, 1.165) is 36.1 Å². The number of para-hydroxylation sites is 1. The Kier molecular flexibility index (Phi) is 4.58. The van der Waals surface area contributed by atoms with Crippen LogP contribution in [-0.2, 0) is 6.42 Å². The van der Waals surface area contributed by atoms with E-state index in [9.17, 15) is 9.59 Å². The number of H-pyrrole nitrogens is 1. The van der Waals surface area contributed by atoms with Gasteiger partial charge in [0.25, 0.3) is 11.5 Å². The molecule has 1 aliphatic heterocycles. The molecule has 0 radical (unpaired) electrons. The van der Waals surface area contributed by atoms with E-state index >= 15 is 0 Å². The van der Waals surface area contributed by atoms with Gasteiger partial charge < -0.3 is 9.88 Å². The van der Waals surface area contributed by atoms with Crippen molar-refractivity contribution in [2.75, 3.05) is 13.1 Å². The Balaban J connectivity index is 1.44. The van der Waals surface area contributed by atoms with Gasteiger partial charge in [-0.2, -0.15) is 0 Å². The fourth-order valence-electron chi connectivity index (χ4n) is 4.32. The van der Waals surface area contributed by atoms with E-state index in [1.54, 1.807) is 23.2 Å². The van der Waals surface area contributed by atoms with Crippen molar-refractivity contribution in [3.05, 3.63) is 76.1 Å². The quantitative estimate of drug-likeness (QED) is 0.572. The van der Waals surface area contributed by atoms with Gasteiger partial charge in [0.1, 0.15) is 17.0 Å². The predicted molar refractivity (Wildman–Crippen MR) is 115 cm³/mol. The molecule has 0 aliphatic carbocycles. The molecule has 1 aromatic carbocycles. The number of benzene rings is 1. The van der Waals surface area contributed by atoms with Crippen molar-refractivity contribution in [3.63, 3.8) is 0 Å². The first kappa shape index (κ1) is 18.5. The average Bonchev–Trinajstić information content (AvgIpc) is 3.24. The second-order valence-corrected chi connectivity index (χ2v) is 7.79. The normalized spacial score (nSPS) is 17.0. The number of hydrogen-bond acceptors (Lipinski definition) is 4. The molecule has 1 saturated heterocycles. The molecule has 0 spiro atoms. The number of amides is 1. The third kappa shape index (κ3) is 3.07. The summed E-state index contributed by atoms with van der Waals surface area (Å²) in [6, 6.07) is 11.5. The van der Waals surface area contributed by atoms with Gasteiger partial charge in [0, 0.05) is 31.4 Å². The second kappa shape index (κ2) is 7.40. The van der Waals surface area contributed by atoms with E-state index in [1.165, 1.54) is 16.2 Å². The Hall–Kier alpha value is -3.48. The van der Waals surface area contributed by atoms with E-state index in [0.29, 0.717) is 18.7 Å². The summed E-state index contributed by atoms with van der Waals surface area (Å²) in [4.78, 5) is 40.3. The molecule has 1 N–H and O–H groups in total. The molecule has 1 amide bonds. The summed E-state index contributed by atoms with van der Waals surface area (Å²) in [6.45, 7) is 3.30. The number of carbonyl (C=O) groups excluding carboxylic acids is 1. The third-order valence-electron chi connectivity index (χ3n) is 5.93. The van der Waals surface area contributed by atoms with Gasteiger partial charge in [-0.05, 0) is 43.0 Å². The first-order chi connectivity index (χ1) is 14.7. The van der Waals surface area contributed by atoms with Crippen molar-refractivity contribution in [2.24, 2.45) is 0 Å². The molecule has 0 bridgehead atoms. The zero-order chi connectivity index (χ0) is 20.7. The highest BCUT2D eigenvalue weighted by atomic mass is 16.2. The lowest BCUT2D eigenvalue weighted by atomic mass is 9.97. The van der Waals surface area contributed by atoms with E-state index in [2.05, 4.69) is 23.0 Å². The van der Waals surface area contributed by atoms with Gasteiger partial charge in [0.05, 0.1) is 11.0 Å². The highest BCUT2D eigenvalue weighted by Crippen LogP contribution is 2.28. The molecule has 30 heavy (non-hydrogen) atoms. The van der Waals surface area contributed by atoms with Crippen LogP contribution in [0.25, 0.3) is 16.7 Å². The first-order valence-corrected chi connectivity index (χ1v) is 10.4. The first-order valence-electron chi connectivity index (χ1n) is 10.4. The number of aromatic amines is 1. The van der Waals surface area contributed by atoms with Gasteiger partial charge in [-0.15, -0.1) is 0 Å². The summed E-state index contributed by atoms with van der Waals surface area (Å²) in [5, 5.41) is 0. The van der Waals surface area contributed by atoms with Gasteiger partial charge in [-0.1, -0.05) is 25.1 Å². The van der Waals surface area contributed by atoms with Crippen LogP contribution in [0.2, 0.25) is 0 Å². The van der Waals surface area contributed by atoms with Crippen LogP contribution in [0.15, 0.2) is 53.6 Å². The molecule has 7 nitrogen and oxygen atoms in total. The lowest BCUT2D eigenvalue weighted by molar-refractivity contribution is 0.0702. The number of pyridine rings is 1. The maximum Gasteiger partial charge on any atom is 0.270 e. The number of aromatic nitrogens is 4. The van der Waals surface area contributed by atoms with Crippen LogP contribution < -0.4 is 5.56 Å². The zero-order valence-corrected chi connectivity index (χ0v) is 16.8. The summed E-state index contributed by atoms with van der Waals surface area (Å²) < 4.78 is 1.42. The molecule has 4 aromatic rings. The van der Waals surface area contributed by atoms with Gasteiger partial charge in [-0.3, -0.25) is 14.0 Å². The third-order valence-corrected chi connectivity index (χ3v) is 5.93. The molecule has 152 valence electrons. The molecule has 1 aliphatic rings. The number of imidazole rings is 1. The number of carbonyl (C=O) groups is 1. The minimum atomic E-state index is -0.330. The molecule has 1 unspecified atom stereocenters. The number of nitrogens with one attached hydrogen (secondary N) is 1. The molecule has 1 atom stereocenters. The Morgan fingerprint density at radius 2 is 2.13 bits per heavy atom. The molecular formula is C23H23N5O2. The number of piperidine rings is 1. The summed E-state index contributed by atoms with van der Waals surface area (Å²) >= 11 is 0. The molecule has 7 heteroatoms. The van der Waals surface area contributed by atoms with Gasteiger partial charge in [0.2, 0.25) is 0 Å². The van der Waals surface area contributed by atoms with Crippen LogP contribution in [0.1, 0.15) is 47.4 Å². The van der Waals surface area contributed by atoms with Crippen molar-refractivity contribution in [2.45, 2.75) is 32.1 Å². The molecule has 0 saturated carbocycles. The SMILES string of the molecule is CCc1cccc2[nH]c(C3CCCN(C(=O)c4cnc5ccccn5c4=O)C3)nc12. The molecule has 4 heterocycles. The number of fused-ring (bicyclic) bond motifs is 2. The minimum absolute atomic E-state index is 0.109. The van der Waals surface area contributed by atoms with Crippen molar-refractivity contribution >= 4 is 22.6 Å². The number of aryl methyl sites for hydroxylation is 1. The van der Waals surface area contributed by atoms with Crippen molar-refractivity contribution in [1.29, 1.82) is 0 Å². The fraction of sp³-hybridized carbons (Fsp3) is 0.304. The van der Waals surface area contributed by atoms with E-state index in [4.69, 9.17) is 4.98 Å².